The lowest BCUT2D eigenvalue weighted by Crippen LogP contribution is -2.39. The Morgan fingerprint density at radius 1 is 1.39 bits per heavy atom. The van der Waals surface area contributed by atoms with Gasteiger partial charge in [-0.3, -0.25) is 4.79 Å². The molecule has 0 spiro atoms. The number of rotatable bonds is 3. The molecule has 5 heteroatoms. The van der Waals surface area contributed by atoms with Gasteiger partial charge in [0.05, 0.1) is 17.9 Å². The first-order valence-electron chi connectivity index (χ1n) is 6.41. The molecule has 5 nitrogen and oxygen atoms in total. The summed E-state index contributed by atoms with van der Waals surface area (Å²) in [7, 11) is 0. The van der Waals surface area contributed by atoms with Crippen LogP contribution >= 0.6 is 0 Å². The molecule has 2 rings (SSSR count). The first-order chi connectivity index (χ1) is 8.66. The molecule has 1 amide bonds. The van der Waals surface area contributed by atoms with Crippen LogP contribution in [0.3, 0.4) is 0 Å². The number of amides is 1. The Hall–Kier alpha value is -1.78. The molecular formula is C13H20N4O. The zero-order valence-corrected chi connectivity index (χ0v) is 10.8. The van der Waals surface area contributed by atoms with Gasteiger partial charge in [0.25, 0.3) is 0 Å². The average Bonchev–Trinajstić information content (AvgIpc) is 2.41. The summed E-state index contributed by atoms with van der Waals surface area (Å²) in [4.78, 5) is 18.1. The molecule has 0 bridgehead atoms. The molecule has 0 saturated carbocycles. The highest BCUT2D eigenvalue weighted by molar-refractivity contribution is 5.80. The van der Waals surface area contributed by atoms with E-state index in [2.05, 4.69) is 10.3 Å². The normalized spacial score (nSPS) is 15.5. The van der Waals surface area contributed by atoms with Gasteiger partial charge in [-0.2, -0.15) is 0 Å². The molecule has 0 atom stereocenters. The summed E-state index contributed by atoms with van der Waals surface area (Å²) in [5.41, 5.74) is 7.15. The molecule has 1 aromatic heterocycles. The lowest BCUT2D eigenvalue weighted by atomic mass is 10.1. The van der Waals surface area contributed by atoms with Crippen LogP contribution in [0.4, 0.5) is 11.5 Å². The van der Waals surface area contributed by atoms with Crippen molar-refractivity contribution in [1.29, 1.82) is 0 Å². The molecule has 1 aliphatic heterocycles. The molecule has 98 valence electrons. The van der Waals surface area contributed by atoms with Crippen LogP contribution in [0.25, 0.3) is 0 Å². The summed E-state index contributed by atoms with van der Waals surface area (Å²) < 4.78 is 0. The monoisotopic (exact) mass is 248 g/mol. The highest BCUT2D eigenvalue weighted by Crippen LogP contribution is 2.12. The predicted octanol–water partition coefficient (Wildman–Crippen LogP) is 1.40. The number of aryl methyl sites for hydroxylation is 1. The van der Waals surface area contributed by atoms with Gasteiger partial charge < -0.3 is 16.0 Å². The van der Waals surface area contributed by atoms with Gasteiger partial charge in [-0.25, -0.2) is 4.98 Å². The van der Waals surface area contributed by atoms with Crippen molar-refractivity contribution in [1.82, 2.24) is 9.88 Å². The number of likely N-dealkylation sites (tertiary alicyclic amines) is 1. The number of nitrogens with one attached hydrogen (secondary N) is 1. The van der Waals surface area contributed by atoms with E-state index in [1.54, 1.807) is 12.1 Å². The van der Waals surface area contributed by atoms with Gasteiger partial charge in [0, 0.05) is 13.1 Å². The van der Waals surface area contributed by atoms with Crippen molar-refractivity contribution >= 4 is 17.4 Å². The molecule has 0 unspecified atom stereocenters. The van der Waals surface area contributed by atoms with E-state index < -0.39 is 0 Å². The van der Waals surface area contributed by atoms with Crippen LogP contribution in [0.2, 0.25) is 0 Å². The molecule has 1 aromatic rings. The average molecular weight is 248 g/mol. The van der Waals surface area contributed by atoms with Crippen LogP contribution in [-0.4, -0.2) is 35.4 Å². The number of hydrogen-bond acceptors (Lipinski definition) is 4. The second-order valence-corrected chi connectivity index (χ2v) is 4.67. The molecule has 1 aliphatic rings. The van der Waals surface area contributed by atoms with Crippen LogP contribution in [0, 0.1) is 6.92 Å². The standard InChI is InChI=1S/C13H20N4O/c1-10-11(14)5-6-12(16-10)15-9-13(18)17-7-3-2-4-8-17/h5-6H,2-4,7-9,14H2,1H3,(H,15,16). The van der Waals surface area contributed by atoms with Crippen molar-refractivity contribution in [3.63, 3.8) is 0 Å². The zero-order chi connectivity index (χ0) is 13.0. The van der Waals surface area contributed by atoms with Gasteiger partial charge in [-0.15, -0.1) is 0 Å². The van der Waals surface area contributed by atoms with Gasteiger partial charge in [0.15, 0.2) is 0 Å². The van der Waals surface area contributed by atoms with E-state index in [0.717, 1.165) is 31.6 Å². The summed E-state index contributed by atoms with van der Waals surface area (Å²) in [6.45, 7) is 3.92. The smallest absolute Gasteiger partial charge is 0.241 e. The minimum absolute atomic E-state index is 0.144. The fraction of sp³-hybridized carbons (Fsp3) is 0.538. The third-order valence-electron chi connectivity index (χ3n) is 3.26. The Morgan fingerprint density at radius 3 is 2.78 bits per heavy atom. The van der Waals surface area contributed by atoms with Crippen LogP contribution < -0.4 is 11.1 Å². The van der Waals surface area contributed by atoms with E-state index in [-0.39, 0.29) is 5.91 Å². The largest absolute Gasteiger partial charge is 0.397 e. The molecule has 0 aromatic carbocycles. The number of anilines is 2. The highest BCUT2D eigenvalue weighted by atomic mass is 16.2. The van der Waals surface area contributed by atoms with Gasteiger partial charge in [-0.1, -0.05) is 0 Å². The Morgan fingerprint density at radius 2 is 2.11 bits per heavy atom. The minimum atomic E-state index is 0.144. The van der Waals surface area contributed by atoms with Crippen LogP contribution in [-0.2, 0) is 4.79 Å². The molecule has 1 saturated heterocycles. The van der Waals surface area contributed by atoms with Crippen molar-refractivity contribution in [3.05, 3.63) is 17.8 Å². The fourth-order valence-corrected chi connectivity index (χ4v) is 2.09. The van der Waals surface area contributed by atoms with Crippen LogP contribution in [0.1, 0.15) is 25.0 Å². The number of aromatic nitrogens is 1. The number of carbonyl (C=O) groups excluding carboxylic acids is 1. The van der Waals surface area contributed by atoms with E-state index in [9.17, 15) is 4.79 Å². The molecule has 18 heavy (non-hydrogen) atoms. The number of pyridine rings is 1. The lowest BCUT2D eigenvalue weighted by molar-refractivity contribution is -0.130. The zero-order valence-electron chi connectivity index (χ0n) is 10.8. The molecule has 0 radical (unpaired) electrons. The van der Waals surface area contributed by atoms with Crippen LogP contribution in [0.15, 0.2) is 12.1 Å². The number of nitrogen functional groups attached to an aromatic ring is 1. The van der Waals surface area contributed by atoms with Crippen LogP contribution in [0.5, 0.6) is 0 Å². The van der Waals surface area contributed by atoms with Crippen molar-refractivity contribution in [3.8, 4) is 0 Å². The summed E-state index contributed by atoms with van der Waals surface area (Å²) >= 11 is 0. The highest BCUT2D eigenvalue weighted by Gasteiger charge is 2.15. The third-order valence-corrected chi connectivity index (χ3v) is 3.26. The van der Waals surface area contributed by atoms with Gasteiger partial charge in [0.2, 0.25) is 5.91 Å². The quantitative estimate of drug-likeness (QED) is 0.848. The first kappa shape index (κ1) is 12.7. The minimum Gasteiger partial charge on any atom is -0.397 e. The maximum absolute atomic E-state index is 11.9. The number of hydrogen-bond donors (Lipinski definition) is 2. The Labute approximate surface area is 107 Å². The summed E-state index contributed by atoms with van der Waals surface area (Å²) in [6, 6.07) is 3.60. The second-order valence-electron chi connectivity index (χ2n) is 4.67. The lowest BCUT2D eigenvalue weighted by Gasteiger charge is -2.26. The molecule has 1 fully saturated rings. The second kappa shape index (κ2) is 5.71. The topological polar surface area (TPSA) is 71.2 Å². The summed E-state index contributed by atoms with van der Waals surface area (Å²) in [6.07, 6.45) is 3.46. The van der Waals surface area contributed by atoms with Crippen molar-refractivity contribution < 1.29 is 4.79 Å². The summed E-state index contributed by atoms with van der Waals surface area (Å²) in [5.74, 6) is 0.845. The van der Waals surface area contributed by atoms with Gasteiger partial charge in [0.1, 0.15) is 5.82 Å². The first-order valence-corrected chi connectivity index (χ1v) is 6.41. The van der Waals surface area contributed by atoms with Crippen molar-refractivity contribution in [2.75, 3.05) is 30.7 Å². The molecule has 0 aliphatic carbocycles. The molecule has 2 heterocycles. The van der Waals surface area contributed by atoms with Gasteiger partial charge in [-0.05, 0) is 38.3 Å². The number of piperidine rings is 1. The van der Waals surface area contributed by atoms with E-state index >= 15 is 0 Å². The fourth-order valence-electron chi connectivity index (χ4n) is 2.09. The number of nitrogens with zero attached hydrogens (tertiary/aromatic N) is 2. The molecule has 3 N–H and O–H groups in total. The number of carbonyl (C=O) groups is 1. The van der Waals surface area contributed by atoms with Crippen molar-refractivity contribution in [2.24, 2.45) is 0 Å². The Kier molecular flexibility index (Phi) is 4.02. The van der Waals surface area contributed by atoms with E-state index in [0.29, 0.717) is 18.1 Å². The Balaban J connectivity index is 1.86. The van der Waals surface area contributed by atoms with Crippen molar-refractivity contribution in [2.45, 2.75) is 26.2 Å². The predicted molar refractivity (Wildman–Crippen MR) is 72.3 cm³/mol. The van der Waals surface area contributed by atoms with E-state index in [1.807, 2.05) is 11.8 Å². The molecular weight excluding hydrogens is 228 g/mol. The maximum Gasteiger partial charge on any atom is 0.241 e. The third kappa shape index (κ3) is 3.12. The maximum atomic E-state index is 11.9. The van der Waals surface area contributed by atoms with E-state index in [1.165, 1.54) is 6.42 Å². The SMILES string of the molecule is Cc1nc(NCC(=O)N2CCCCC2)ccc1N. The Bertz CT molecular complexity index is 427. The van der Waals surface area contributed by atoms with E-state index in [4.69, 9.17) is 5.73 Å². The summed E-state index contributed by atoms with van der Waals surface area (Å²) in [5, 5.41) is 3.05. The van der Waals surface area contributed by atoms with Gasteiger partial charge >= 0.3 is 0 Å². The number of nitrogens with two attached hydrogens (primary N) is 1.